The van der Waals surface area contributed by atoms with Crippen molar-refractivity contribution in [2.75, 3.05) is 0 Å². The zero-order chi connectivity index (χ0) is 17.1. The van der Waals surface area contributed by atoms with Crippen LogP contribution >= 0.6 is 15.9 Å². The molecular formula is C18H15BrN2O3. The Balaban J connectivity index is 1.83. The maximum Gasteiger partial charge on any atom is 0.360 e. The van der Waals surface area contributed by atoms with Crippen LogP contribution in [0, 0.1) is 6.92 Å². The third-order valence-electron chi connectivity index (χ3n) is 3.54. The smallest absolute Gasteiger partial charge is 0.360 e. The zero-order valence-corrected chi connectivity index (χ0v) is 14.5. The van der Waals surface area contributed by atoms with E-state index < -0.39 is 5.97 Å². The molecule has 0 aliphatic rings. The Bertz CT molecular complexity index is 858. The summed E-state index contributed by atoms with van der Waals surface area (Å²) in [5.74, 6) is -0.318. The fourth-order valence-corrected chi connectivity index (χ4v) is 2.59. The summed E-state index contributed by atoms with van der Waals surface area (Å²) in [6.45, 7) is 1.80. The fourth-order valence-electron chi connectivity index (χ4n) is 2.33. The van der Waals surface area contributed by atoms with Crippen molar-refractivity contribution in [2.24, 2.45) is 0 Å². The van der Waals surface area contributed by atoms with Gasteiger partial charge in [-0.2, -0.15) is 4.73 Å². The topological polar surface area (TPSA) is 64.3 Å². The van der Waals surface area contributed by atoms with Gasteiger partial charge in [-0.05, 0) is 24.6 Å². The van der Waals surface area contributed by atoms with Crippen molar-refractivity contribution in [1.29, 1.82) is 0 Å². The molecular weight excluding hydrogens is 372 g/mol. The highest BCUT2D eigenvalue weighted by atomic mass is 79.9. The Kier molecular flexibility index (Phi) is 4.66. The molecule has 24 heavy (non-hydrogen) atoms. The summed E-state index contributed by atoms with van der Waals surface area (Å²) in [6, 6.07) is 16.7. The number of carbonyl (C=O) groups excluding carboxylic acids is 1. The first-order chi connectivity index (χ1) is 11.6. The number of ether oxygens (including phenoxy) is 1. The molecule has 1 N–H and O–H groups in total. The van der Waals surface area contributed by atoms with E-state index in [-0.39, 0.29) is 12.3 Å². The number of esters is 1. The predicted octanol–water partition coefficient (Wildman–Crippen LogP) is 4.22. The minimum absolute atomic E-state index is 0.0313. The standard InChI is InChI=1S/C18H15BrN2O3/c1-12-16(18(22)24-11-13-5-3-2-4-6-13)21(23)17(20-12)14-7-9-15(19)10-8-14/h2-10,23H,11H2,1H3. The number of aromatic nitrogens is 2. The van der Waals surface area contributed by atoms with Gasteiger partial charge in [-0.15, -0.1) is 0 Å². The van der Waals surface area contributed by atoms with Gasteiger partial charge in [0.1, 0.15) is 6.61 Å². The number of halogens is 1. The van der Waals surface area contributed by atoms with E-state index in [2.05, 4.69) is 20.9 Å². The molecule has 2 aromatic carbocycles. The van der Waals surface area contributed by atoms with Crippen LogP contribution in [0.15, 0.2) is 59.1 Å². The molecule has 6 heteroatoms. The van der Waals surface area contributed by atoms with E-state index in [1.165, 1.54) is 0 Å². The van der Waals surface area contributed by atoms with Crippen LogP contribution in [0.25, 0.3) is 11.4 Å². The molecule has 0 atom stereocenters. The average Bonchev–Trinajstić information content (AvgIpc) is 2.89. The van der Waals surface area contributed by atoms with Gasteiger partial charge in [0, 0.05) is 10.0 Å². The van der Waals surface area contributed by atoms with E-state index in [1.807, 2.05) is 42.5 Å². The lowest BCUT2D eigenvalue weighted by atomic mass is 10.2. The Labute approximate surface area is 147 Å². The molecule has 0 radical (unpaired) electrons. The van der Waals surface area contributed by atoms with Crippen LogP contribution < -0.4 is 0 Å². The van der Waals surface area contributed by atoms with Gasteiger partial charge in [0.25, 0.3) is 0 Å². The number of aryl methyl sites for hydroxylation is 1. The lowest BCUT2D eigenvalue weighted by Crippen LogP contribution is -2.12. The third kappa shape index (κ3) is 3.33. The first-order valence-electron chi connectivity index (χ1n) is 7.32. The third-order valence-corrected chi connectivity index (χ3v) is 4.07. The predicted molar refractivity (Wildman–Crippen MR) is 92.8 cm³/mol. The Morgan fingerprint density at radius 2 is 1.83 bits per heavy atom. The van der Waals surface area contributed by atoms with E-state index in [4.69, 9.17) is 4.74 Å². The molecule has 3 rings (SSSR count). The lowest BCUT2D eigenvalue weighted by Gasteiger charge is -2.06. The maximum absolute atomic E-state index is 12.3. The molecule has 0 bridgehead atoms. The average molecular weight is 387 g/mol. The summed E-state index contributed by atoms with van der Waals surface area (Å²) in [5.41, 5.74) is 2.02. The van der Waals surface area contributed by atoms with Crippen LogP contribution in [0.4, 0.5) is 0 Å². The first-order valence-corrected chi connectivity index (χ1v) is 8.11. The summed E-state index contributed by atoms with van der Waals surface area (Å²) in [6.07, 6.45) is 0. The summed E-state index contributed by atoms with van der Waals surface area (Å²) < 4.78 is 6.98. The monoisotopic (exact) mass is 386 g/mol. The van der Waals surface area contributed by atoms with E-state index in [9.17, 15) is 10.0 Å². The molecule has 0 fully saturated rings. The van der Waals surface area contributed by atoms with Gasteiger partial charge in [-0.25, -0.2) is 9.78 Å². The van der Waals surface area contributed by atoms with Crippen molar-refractivity contribution >= 4 is 21.9 Å². The number of benzene rings is 2. The number of carbonyl (C=O) groups is 1. The van der Waals surface area contributed by atoms with E-state index in [0.717, 1.165) is 14.8 Å². The van der Waals surface area contributed by atoms with Gasteiger partial charge >= 0.3 is 5.97 Å². The summed E-state index contributed by atoms with van der Waals surface area (Å²) >= 11 is 3.36. The van der Waals surface area contributed by atoms with Crippen molar-refractivity contribution < 1.29 is 14.7 Å². The van der Waals surface area contributed by atoms with Crippen LogP contribution in [-0.2, 0) is 11.3 Å². The van der Waals surface area contributed by atoms with Gasteiger partial charge in [-0.1, -0.05) is 58.4 Å². The second-order valence-electron chi connectivity index (χ2n) is 5.25. The zero-order valence-electron chi connectivity index (χ0n) is 12.9. The quantitative estimate of drug-likeness (QED) is 0.538. The maximum atomic E-state index is 12.3. The van der Waals surface area contributed by atoms with Gasteiger partial charge in [0.15, 0.2) is 11.5 Å². The summed E-state index contributed by atoms with van der Waals surface area (Å²) in [4.78, 5) is 16.6. The second-order valence-corrected chi connectivity index (χ2v) is 6.17. The molecule has 1 aromatic heterocycles. The van der Waals surface area contributed by atoms with Crippen LogP contribution in [0.3, 0.4) is 0 Å². The van der Waals surface area contributed by atoms with Crippen LogP contribution in [0.2, 0.25) is 0 Å². The van der Waals surface area contributed by atoms with Gasteiger partial charge in [0.05, 0.1) is 5.69 Å². The van der Waals surface area contributed by atoms with Crippen molar-refractivity contribution in [1.82, 2.24) is 9.71 Å². The normalized spacial score (nSPS) is 10.6. The van der Waals surface area contributed by atoms with Crippen molar-refractivity contribution in [3.05, 3.63) is 76.0 Å². The van der Waals surface area contributed by atoms with Crippen LogP contribution in [-0.4, -0.2) is 20.9 Å². The Hall–Kier alpha value is -2.60. The Morgan fingerprint density at radius 1 is 1.17 bits per heavy atom. The molecule has 0 aliphatic heterocycles. The van der Waals surface area contributed by atoms with Crippen LogP contribution in [0.5, 0.6) is 0 Å². The second kappa shape index (κ2) is 6.88. The van der Waals surface area contributed by atoms with Crippen molar-refractivity contribution in [3.8, 4) is 11.4 Å². The van der Waals surface area contributed by atoms with E-state index in [0.29, 0.717) is 17.1 Å². The molecule has 0 aliphatic carbocycles. The molecule has 122 valence electrons. The van der Waals surface area contributed by atoms with Crippen molar-refractivity contribution in [3.63, 3.8) is 0 Å². The molecule has 0 amide bonds. The molecule has 0 spiro atoms. The molecule has 5 nitrogen and oxygen atoms in total. The van der Waals surface area contributed by atoms with Gasteiger partial charge in [0.2, 0.25) is 0 Å². The lowest BCUT2D eigenvalue weighted by molar-refractivity contribution is 0.0423. The highest BCUT2D eigenvalue weighted by Gasteiger charge is 2.22. The molecule has 0 saturated heterocycles. The molecule has 3 aromatic rings. The van der Waals surface area contributed by atoms with E-state index >= 15 is 0 Å². The highest BCUT2D eigenvalue weighted by Crippen LogP contribution is 2.23. The first kappa shape index (κ1) is 16.3. The Morgan fingerprint density at radius 3 is 2.50 bits per heavy atom. The number of hydrogen-bond acceptors (Lipinski definition) is 4. The number of hydrogen-bond donors (Lipinski definition) is 1. The molecule has 0 saturated carbocycles. The fraction of sp³-hybridized carbons (Fsp3) is 0.111. The highest BCUT2D eigenvalue weighted by molar-refractivity contribution is 9.10. The minimum Gasteiger partial charge on any atom is -0.456 e. The number of imidazole rings is 1. The SMILES string of the molecule is Cc1nc(-c2ccc(Br)cc2)n(O)c1C(=O)OCc1ccccc1. The number of nitrogens with zero attached hydrogens (tertiary/aromatic N) is 2. The molecule has 0 unspecified atom stereocenters. The van der Waals surface area contributed by atoms with Gasteiger partial charge < -0.3 is 9.94 Å². The van der Waals surface area contributed by atoms with Crippen molar-refractivity contribution in [2.45, 2.75) is 13.5 Å². The number of rotatable bonds is 4. The largest absolute Gasteiger partial charge is 0.456 e. The summed E-state index contributed by atoms with van der Waals surface area (Å²) in [5, 5.41) is 10.3. The van der Waals surface area contributed by atoms with Gasteiger partial charge in [-0.3, -0.25) is 0 Å². The van der Waals surface area contributed by atoms with Crippen LogP contribution in [0.1, 0.15) is 21.7 Å². The summed E-state index contributed by atoms with van der Waals surface area (Å²) in [7, 11) is 0. The minimum atomic E-state index is -0.616. The van der Waals surface area contributed by atoms with E-state index in [1.54, 1.807) is 19.1 Å². The molecule has 1 heterocycles.